The van der Waals surface area contributed by atoms with Crippen LogP contribution in [0.5, 0.6) is 0 Å². The number of hydrazine groups is 1. The molecule has 0 aromatic heterocycles. The van der Waals surface area contributed by atoms with Gasteiger partial charge < -0.3 is 0 Å². The van der Waals surface area contributed by atoms with Gasteiger partial charge in [-0.3, -0.25) is 0 Å². The number of hydrogen-bond donors (Lipinski definition) is 2. The number of nitrogens with one attached hydrogen (secondary N) is 2. The number of hydrogen-bond acceptors (Lipinski definition) is 2. The van der Waals surface area contributed by atoms with Crippen LogP contribution in [0.15, 0.2) is 0 Å². The zero-order valence-corrected chi connectivity index (χ0v) is 3.31. The molecule has 4 nitrogen and oxygen atoms in total. The fourth-order valence-corrected chi connectivity index (χ4v) is 0.283. The van der Waals surface area contributed by atoms with Crippen molar-refractivity contribution in [1.82, 2.24) is 21.9 Å². The topological polar surface area (TPSA) is 52.3 Å². The first kappa shape index (κ1) is 4.01. The largest absolute Gasteiger partial charge is 0.240 e. The third-order valence-electron chi connectivity index (χ3n) is 0.537. The Morgan fingerprint density at radius 2 is 2.50 bits per heavy atom. The SMILES string of the molecule is C1CNN[N][N]1. The molecule has 0 bridgehead atoms. The Morgan fingerprint density at radius 3 is 2.67 bits per heavy atom. The minimum Gasteiger partial charge on any atom is -0.240 e. The third-order valence-corrected chi connectivity index (χ3v) is 0.537. The summed E-state index contributed by atoms with van der Waals surface area (Å²) in [5.41, 5.74) is 12.3. The minimum absolute atomic E-state index is 0.785. The normalized spacial score (nSPS) is 24.0. The van der Waals surface area contributed by atoms with E-state index in [1.807, 2.05) is 0 Å². The van der Waals surface area contributed by atoms with E-state index in [1.165, 1.54) is 0 Å². The summed E-state index contributed by atoms with van der Waals surface area (Å²) in [6, 6.07) is 0. The van der Waals surface area contributed by atoms with Gasteiger partial charge in [-0.05, 0) is 5.53 Å². The van der Waals surface area contributed by atoms with Crippen LogP contribution in [0.2, 0.25) is 0 Å². The number of rotatable bonds is 0. The molecule has 2 N–H and O–H groups in total. The molecule has 1 aliphatic heterocycles. The molecule has 0 spiro atoms. The average molecular weight is 86.1 g/mol. The zero-order chi connectivity index (χ0) is 4.24. The van der Waals surface area contributed by atoms with Crippen LogP contribution in [0, 0.1) is 0 Å². The highest BCUT2D eigenvalue weighted by atomic mass is 15.7. The van der Waals surface area contributed by atoms with Crippen molar-refractivity contribution >= 4 is 0 Å². The van der Waals surface area contributed by atoms with Gasteiger partial charge in [0.25, 0.3) is 0 Å². The predicted octanol–water partition coefficient (Wildman–Crippen LogP) is -1.87. The van der Waals surface area contributed by atoms with E-state index in [9.17, 15) is 0 Å². The van der Waals surface area contributed by atoms with Gasteiger partial charge in [0.15, 0.2) is 0 Å². The van der Waals surface area contributed by atoms with Crippen LogP contribution < -0.4 is 21.9 Å². The third kappa shape index (κ3) is 0.908. The Labute approximate surface area is 36.2 Å². The predicted molar refractivity (Wildman–Crippen MR) is 20.3 cm³/mol. The van der Waals surface area contributed by atoms with Crippen LogP contribution in [-0.4, -0.2) is 13.1 Å². The van der Waals surface area contributed by atoms with E-state index in [2.05, 4.69) is 21.9 Å². The summed E-state index contributed by atoms with van der Waals surface area (Å²) in [5.74, 6) is 0. The molecule has 0 amide bonds. The van der Waals surface area contributed by atoms with Crippen LogP contribution in [-0.2, 0) is 0 Å². The van der Waals surface area contributed by atoms with E-state index >= 15 is 0 Å². The van der Waals surface area contributed by atoms with Gasteiger partial charge in [-0.25, -0.2) is 5.43 Å². The van der Waals surface area contributed by atoms with Gasteiger partial charge >= 0.3 is 0 Å². The van der Waals surface area contributed by atoms with Crippen LogP contribution in [0.1, 0.15) is 0 Å². The molecule has 4 heteroatoms. The molecular weight excluding hydrogens is 80.0 g/mol. The first-order chi connectivity index (χ1) is 3.00. The molecule has 0 aromatic rings. The molecule has 0 aromatic carbocycles. The second-order valence-electron chi connectivity index (χ2n) is 1.00. The molecule has 1 aliphatic rings. The van der Waals surface area contributed by atoms with Crippen molar-refractivity contribution in [1.29, 1.82) is 0 Å². The zero-order valence-electron chi connectivity index (χ0n) is 3.31. The van der Waals surface area contributed by atoms with Gasteiger partial charge in [0, 0.05) is 13.1 Å². The van der Waals surface area contributed by atoms with Crippen LogP contribution >= 0.6 is 0 Å². The summed E-state index contributed by atoms with van der Waals surface area (Å²) < 4.78 is 0. The summed E-state index contributed by atoms with van der Waals surface area (Å²) >= 11 is 0. The summed E-state index contributed by atoms with van der Waals surface area (Å²) in [5, 5.41) is 0. The lowest BCUT2D eigenvalue weighted by atomic mass is 10.7. The molecule has 1 rings (SSSR count). The van der Waals surface area contributed by atoms with Crippen molar-refractivity contribution in [2.45, 2.75) is 0 Å². The monoisotopic (exact) mass is 86.1 g/mol. The molecule has 0 aliphatic carbocycles. The van der Waals surface area contributed by atoms with Gasteiger partial charge in [-0.2, -0.15) is 5.53 Å². The van der Waals surface area contributed by atoms with Crippen LogP contribution in [0.4, 0.5) is 0 Å². The Morgan fingerprint density at radius 1 is 1.50 bits per heavy atom. The van der Waals surface area contributed by atoms with E-state index < -0.39 is 0 Å². The van der Waals surface area contributed by atoms with Gasteiger partial charge in [0.1, 0.15) is 0 Å². The summed E-state index contributed by atoms with van der Waals surface area (Å²) in [7, 11) is 0. The van der Waals surface area contributed by atoms with Gasteiger partial charge in [0.05, 0.1) is 0 Å². The molecule has 6 heavy (non-hydrogen) atoms. The summed E-state index contributed by atoms with van der Waals surface area (Å²) in [4.78, 5) is 0. The van der Waals surface area contributed by atoms with E-state index in [-0.39, 0.29) is 0 Å². The maximum Gasteiger partial charge on any atom is 0.0476 e. The second-order valence-corrected chi connectivity index (χ2v) is 1.00. The molecule has 1 heterocycles. The Balaban J connectivity index is 2.00. The molecule has 34 valence electrons. The lowest BCUT2D eigenvalue weighted by molar-refractivity contribution is 0.298. The first-order valence-electron chi connectivity index (χ1n) is 1.84. The Kier molecular flexibility index (Phi) is 1.40. The molecule has 0 atom stereocenters. The fraction of sp³-hybridized carbons (Fsp3) is 1.00. The smallest absolute Gasteiger partial charge is 0.0476 e. The van der Waals surface area contributed by atoms with Crippen molar-refractivity contribution < 1.29 is 0 Å². The molecule has 0 saturated carbocycles. The number of nitrogens with zero attached hydrogens (tertiary/aromatic N) is 2. The highest BCUT2D eigenvalue weighted by molar-refractivity contribution is 4.43. The summed E-state index contributed by atoms with van der Waals surface area (Å²) in [6.45, 7) is 1.66. The Hall–Kier alpha value is -0.160. The Bertz CT molecular complexity index is 21.0. The minimum atomic E-state index is 0.785. The molecule has 1 fully saturated rings. The van der Waals surface area contributed by atoms with Crippen molar-refractivity contribution in [3.8, 4) is 0 Å². The van der Waals surface area contributed by atoms with Gasteiger partial charge in [-0.1, -0.05) is 0 Å². The highest BCUT2D eigenvalue weighted by Crippen LogP contribution is 1.57. The van der Waals surface area contributed by atoms with Crippen molar-refractivity contribution in [2.75, 3.05) is 13.1 Å². The van der Waals surface area contributed by atoms with Crippen molar-refractivity contribution in [3.05, 3.63) is 0 Å². The molecular formula is C2H6N4. The van der Waals surface area contributed by atoms with Crippen LogP contribution in [0.25, 0.3) is 0 Å². The van der Waals surface area contributed by atoms with E-state index in [4.69, 9.17) is 0 Å². The average Bonchev–Trinajstić information content (AvgIpc) is 1.72. The summed E-state index contributed by atoms with van der Waals surface area (Å²) in [6.07, 6.45) is 0. The van der Waals surface area contributed by atoms with Crippen molar-refractivity contribution in [2.24, 2.45) is 0 Å². The first-order valence-corrected chi connectivity index (χ1v) is 1.84. The quantitative estimate of drug-likeness (QED) is 0.363. The van der Waals surface area contributed by atoms with Crippen LogP contribution in [0.3, 0.4) is 0 Å². The standard InChI is InChI=1S/C2H6N4/c1-2-4-6-5-3-1/h3,5H,1-2H2. The van der Waals surface area contributed by atoms with E-state index in [0.29, 0.717) is 0 Å². The van der Waals surface area contributed by atoms with Crippen molar-refractivity contribution in [3.63, 3.8) is 0 Å². The lowest BCUT2D eigenvalue weighted by Crippen LogP contribution is -2.50. The fourth-order valence-electron chi connectivity index (χ4n) is 0.283. The maximum atomic E-state index is 3.63. The molecule has 1 saturated heterocycles. The highest BCUT2D eigenvalue weighted by Gasteiger charge is 1.93. The van der Waals surface area contributed by atoms with E-state index in [1.54, 1.807) is 0 Å². The molecule has 0 unspecified atom stereocenters. The second kappa shape index (κ2) is 2.09. The lowest BCUT2D eigenvalue weighted by Gasteiger charge is -2.09. The molecule has 2 radical (unpaired) electrons. The van der Waals surface area contributed by atoms with E-state index in [0.717, 1.165) is 13.1 Å². The van der Waals surface area contributed by atoms with Gasteiger partial charge in [0.2, 0.25) is 0 Å². The maximum absolute atomic E-state index is 3.63. The van der Waals surface area contributed by atoms with Gasteiger partial charge in [-0.15, -0.1) is 5.43 Å².